The minimum atomic E-state index is -0.864. The number of nitrogens with one attached hydrogen (secondary N) is 1. The number of carbonyl (C=O) groups excluding carboxylic acids is 2. The third-order valence-corrected chi connectivity index (χ3v) is 4.57. The number of hydrogen-bond acceptors (Lipinski definition) is 7. The minimum Gasteiger partial charge on any atom is -0.506 e. The van der Waals surface area contributed by atoms with Crippen LogP contribution in [0.15, 0.2) is 23.1 Å². The van der Waals surface area contributed by atoms with Crippen molar-refractivity contribution in [3.63, 3.8) is 0 Å². The highest BCUT2D eigenvalue weighted by Gasteiger charge is 2.24. The quantitative estimate of drug-likeness (QED) is 0.727. The lowest BCUT2D eigenvalue weighted by atomic mass is 10.0. The van der Waals surface area contributed by atoms with Crippen LogP contribution >= 0.6 is 0 Å². The molecule has 0 aromatic carbocycles. The van der Waals surface area contributed by atoms with E-state index in [4.69, 9.17) is 9.47 Å². The SMILES string of the molecule is Cn1c(=O)c(C(=O)NCC(=O)OC(C)(C)C)c(O)c2cc(C3=CCOCC3)cnc21. The normalized spacial score (nSPS) is 14.3. The lowest BCUT2D eigenvalue weighted by Crippen LogP contribution is -2.37. The molecule has 1 aliphatic heterocycles. The lowest BCUT2D eigenvalue weighted by molar-refractivity contribution is -0.153. The topological polar surface area (TPSA) is 120 Å². The molecule has 2 aromatic rings. The number of aromatic nitrogens is 2. The van der Waals surface area contributed by atoms with Crippen molar-refractivity contribution in [3.8, 4) is 5.75 Å². The van der Waals surface area contributed by atoms with Crippen LogP contribution in [0.2, 0.25) is 0 Å². The van der Waals surface area contributed by atoms with E-state index >= 15 is 0 Å². The van der Waals surface area contributed by atoms with Gasteiger partial charge in [0.1, 0.15) is 29.1 Å². The first-order valence-corrected chi connectivity index (χ1v) is 9.57. The Hall–Kier alpha value is -3.20. The number of ether oxygens (including phenoxy) is 2. The Bertz CT molecular complexity index is 1090. The molecule has 1 aliphatic rings. The zero-order chi connectivity index (χ0) is 22.1. The highest BCUT2D eigenvalue weighted by Crippen LogP contribution is 2.29. The molecular formula is C21H25N3O6. The zero-order valence-electron chi connectivity index (χ0n) is 17.4. The molecule has 2 N–H and O–H groups in total. The summed E-state index contributed by atoms with van der Waals surface area (Å²) in [5.41, 5.74) is 0.169. The molecule has 0 saturated heterocycles. The molecule has 0 unspecified atom stereocenters. The maximum atomic E-state index is 12.7. The van der Waals surface area contributed by atoms with E-state index in [0.717, 1.165) is 11.1 Å². The van der Waals surface area contributed by atoms with Gasteiger partial charge in [-0.15, -0.1) is 0 Å². The second-order valence-electron chi connectivity index (χ2n) is 8.01. The summed E-state index contributed by atoms with van der Waals surface area (Å²) in [6, 6.07) is 1.69. The van der Waals surface area contributed by atoms with Crippen molar-refractivity contribution in [2.75, 3.05) is 19.8 Å². The molecule has 0 aliphatic carbocycles. The van der Waals surface area contributed by atoms with E-state index in [9.17, 15) is 19.5 Å². The number of amides is 1. The van der Waals surface area contributed by atoms with E-state index in [0.29, 0.717) is 19.6 Å². The molecular weight excluding hydrogens is 390 g/mol. The Morgan fingerprint density at radius 2 is 2.10 bits per heavy atom. The van der Waals surface area contributed by atoms with Gasteiger partial charge in [0.15, 0.2) is 0 Å². The molecule has 0 bridgehead atoms. The van der Waals surface area contributed by atoms with Gasteiger partial charge >= 0.3 is 5.97 Å². The highest BCUT2D eigenvalue weighted by molar-refractivity contribution is 6.03. The maximum absolute atomic E-state index is 12.7. The Morgan fingerprint density at radius 1 is 1.37 bits per heavy atom. The number of fused-ring (bicyclic) bond motifs is 1. The zero-order valence-corrected chi connectivity index (χ0v) is 17.4. The van der Waals surface area contributed by atoms with Gasteiger partial charge in [-0.1, -0.05) is 6.08 Å². The van der Waals surface area contributed by atoms with Gasteiger partial charge in [-0.25, -0.2) is 4.98 Å². The Kier molecular flexibility index (Phi) is 5.93. The summed E-state index contributed by atoms with van der Waals surface area (Å²) in [6.45, 7) is 5.76. The Morgan fingerprint density at radius 3 is 2.73 bits per heavy atom. The molecule has 1 amide bonds. The summed E-state index contributed by atoms with van der Waals surface area (Å²) in [7, 11) is 1.47. The molecule has 0 radical (unpaired) electrons. The summed E-state index contributed by atoms with van der Waals surface area (Å²) in [5, 5.41) is 13.3. The van der Waals surface area contributed by atoms with Gasteiger partial charge < -0.3 is 19.9 Å². The second kappa shape index (κ2) is 8.27. The predicted molar refractivity (Wildman–Crippen MR) is 110 cm³/mol. The minimum absolute atomic E-state index is 0.248. The fourth-order valence-corrected chi connectivity index (χ4v) is 3.19. The summed E-state index contributed by atoms with van der Waals surface area (Å²) >= 11 is 0. The van der Waals surface area contributed by atoms with E-state index in [-0.39, 0.29) is 11.0 Å². The van der Waals surface area contributed by atoms with Gasteiger partial charge in [0.2, 0.25) is 0 Å². The van der Waals surface area contributed by atoms with Crippen LogP contribution in [-0.4, -0.2) is 51.9 Å². The van der Waals surface area contributed by atoms with Crippen LogP contribution in [0.3, 0.4) is 0 Å². The number of pyridine rings is 2. The molecule has 0 spiro atoms. The Labute approximate surface area is 173 Å². The van der Waals surface area contributed by atoms with Gasteiger partial charge in [0.05, 0.1) is 18.6 Å². The number of esters is 1. The molecule has 2 aromatic heterocycles. The van der Waals surface area contributed by atoms with Crippen molar-refractivity contribution in [3.05, 3.63) is 39.8 Å². The van der Waals surface area contributed by atoms with Crippen molar-refractivity contribution in [1.29, 1.82) is 0 Å². The molecule has 160 valence electrons. The second-order valence-corrected chi connectivity index (χ2v) is 8.01. The molecule has 30 heavy (non-hydrogen) atoms. The summed E-state index contributed by atoms with van der Waals surface area (Å²) in [5.74, 6) is -1.99. The number of carbonyl (C=O) groups is 2. The van der Waals surface area contributed by atoms with Crippen molar-refractivity contribution in [2.45, 2.75) is 32.8 Å². The molecule has 0 fully saturated rings. The predicted octanol–water partition coefficient (Wildman–Crippen LogP) is 1.51. The van der Waals surface area contributed by atoms with Crippen LogP contribution < -0.4 is 10.9 Å². The van der Waals surface area contributed by atoms with Crippen molar-refractivity contribution < 1.29 is 24.2 Å². The molecule has 3 heterocycles. The number of rotatable bonds is 4. The monoisotopic (exact) mass is 415 g/mol. The molecule has 0 saturated carbocycles. The molecule has 0 atom stereocenters. The number of aromatic hydroxyl groups is 1. The largest absolute Gasteiger partial charge is 0.506 e. The van der Waals surface area contributed by atoms with Crippen molar-refractivity contribution in [1.82, 2.24) is 14.9 Å². The van der Waals surface area contributed by atoms with E-state index in [1.807, 2.05) is 6.08 Å². The number of aryl methyl sites for hydroxylation is 1. The highest BCUT2D eigenvalue weighted by atomic mass is 16.6. The maximum Gasteiger partial charge on any atom is 0.325 e. The first kappa shape index (κ1) is 21.5. The van der Waals surface area contributed by atoms with Crippen molar-refractivity contribution >= 4 is 28.5 Å². The number of nitrogens with zero attached hydrogens (tertiary/aromatic N) is 2. The average molecular weight is 415 g/mol. The first-order valence-electron chi connectivity index (χ1n) is 9.57. The Balaban J connectivity index is 1.96. The first-order chi connectivity index (χ1) is 14.1. The smallest absolute Gasteiger partial charge is 0.325 e. The number of hydrogen-bond donors (Lipinski definition) is 2. The average Bonchev–Trinajstić information content (AvgIpc) is 2.70. The van der Waals surface area contributed by atoms with Gasteiger partial charge in [0, 0.05) is 13.2 Å². The fourth-order valence-electron chi connectivity index (χ4n) is 3.19. The van der Waals surface area contributed by atoms with E-state index < -0.39 is 40.9 Å². The van der Waals surface area contributed by atoms with Crippen LogP contribution in [0, 0.1) is 0 Å². The summed E-state index contributed by atoms with van der Waals surface area (Å²) in [4.78, 5) is 41.4. The van der Waals surface area contributed by atoms with Crippen LogP contribution in [0.5, 0.6) is 5.75 Å². The molecule has 9 heteroatoms. The summed E-state index contributed by atoms with van der Waals surface area (Å²) in [6.07, 6.45) is 4.25. The summed E-state index contributed by atoms with van der Waals surface area (Å²) < 4.78 is 11.6. The standard InChI is InChI=1S/C21H25N3O6/c1-21(2,3)30-15(25)11-23-19(27)16-17(26)14-9-13(12-5-7-29-8-6-12)10-22-18(14)24(4)20(16)28/h5,9-10,26H,6-8,11H2,1-4H3,(H,23,27). The third kappa shape index (κ3) is 4.51. The third-order valence-electron chi connectivity index (χ3n) is 4.57. The van der Waals surface area contributed by atoms with Crippen LogP contribution in [0.25, 0.3) is 16.6 Å². The fraction of sp³-hybridized carbons (Fsp3) is 0.429. The van der Waals surface area contributed by atoms with Gasteiger partial charge in [0.25, 0.3) is 11.5 Å². The van der Waals surface area contributed by atoms with Gasteiger partial charge in [-0.3, -0.25) is 19.0 Å². The van der Waals surface area contributed by atoms with Gasteiger partial charge in [-0.05, 0) is 44.4 Å². The molecule has 9 nitrogen and oxygen atoms in total. The van der Waals surface area contributed by atoms with Crippen LogP contribution in [-0.2, 0) is 21.3 Å². The van der Waals surface area contributed by atoms with E-state index in [1.54, 1.807) is 33.0 Å². The molecule has 3 rings (SSSR count). The van der Waals surface area contributed by atoms with Crippen LogP contribution in [0.1, 0.15) is 43.1 Å². The van der Waals surface area contributed by atoms with Crippen LogP contribution in [0.4, 0.5) is 0 Å². The lowest BCUT2D eigenvalue weighted by Gasteiger charge is -2.19. The van der Waals surface area contributed by atoms with Crippen molar-refractivity contribution in [2.24, 2.45) is 7.05 Å². The van der Waals surface area contributed by atoms with E-state index in [2.05, 4.69) is 10.3 Å². The van der Waals surface area contributed by atoms with E-state index in [1.165, 1.54) is 11.6 Å². The van der Waals surface area contributed by atoms with Gasteiger partial charge in [-0.2, -0.15) is 0 Å².